The van der Waals surface area contributed by atoms with Crippen LogP contribution >= 0.6 is 0 Å². The summed E-state index contributed by atoms with van der Waals surface area (Å²) in [5, 5.41) is 0. The van der Waals surface area contributed by atoms with Crippen LogP contribution in [-0.2, 0) is 13.0 Å². The summed E-state index contributed by atoms with van der Waals surface area (Å²) in [6.45, 7) is 2.93. The van der Waals surface area contributed by atoms with Gasteiger partial charge in [-0.2, -0.15) is 0 Å². The lowest BCUT2D eigenvalue weighted by molar-refractivity contribution is 0.0731. The quantitative estimate of drug-likeness (QED) is 0.898. The Morgan fingerprint density at radius 2 is 2.14 bits per heavy atom. The summed E-state index contributed by atoms with van der Waals surface area (Å²) in [5.74, 6) is -0.706. The third kappa shape index (κ3) is 2.67. The Balaban J connectivity index is 1.85. The first-order valence-electron chi connectivity index (χ1n) is 7.05. The summed E-state index contributed by atoms with van der Waals surface area (Å²) in [6, 6.07) is 7.49. The summed E-state index contributed by atoms with van der Waals surface area (Å²) in [5.41, 5.74) is 8.56. The maximum absolute atomic E-state index is 12.6. The van der Waals surface area contributed by atoms with Crippen molar-refractivity contribution >= 4 is 11.8 Å². The molecule has 22 heavy (non-hydrogen) atoms. The summed E-state index contributed by atoms with van der Waals surface area (Å²) < 4.78 is 0. The van der Waals surface area contributed by atoms with E-state index in [1.54, 1.807) is 17.2 Å². The number of aromatic nitrogens is 2. The molecule has 2 amide bonds. The molecular weight excluding hydrogens is 280 g/mol. The SMILES string of the molecule is Cc1cccc(C(=O)N2CCc3cnc(C(N)=O)nc3C2)c1. The van der Waals surface area contributed by atoms with Crippen molar-refractivity contribution in [3.8, 4) is 0 Å². The van der Waals surface area contributed by atoms with Gasteiger partial charge in [-0.05, 0) is 31.0 Å². The fraction of sp³-hybridized carbons (Fsp3) is 0.250. The topological polar surface area (TPSA) is 89.2 Å². The number of aryl methyl sites for hydroxylation is 1. The van der Waals surface area contributed by atoms with Crippen LogP contribution in [-0.4, -0.2) is 33.2 Å². The first kappa shape index (κ1) is 14.2. The Morgan fingerprint density at radius 1 is 1.32 bits per heavy atom. The van der Waals surface area contributed by atoms with Gasteiger partial charge in [-0.3, -0.25) is 9.59 Å². The summed E-state index contributed by atoms with van der Waals surface area (Å²) in [4.78, 5) is 33.6. The van der Waals surface area contributed by atoms with Gasteiger partial charge in [-0.1, -0.05) is 17.7 Å². The minimum Gasteiger partial charge on any atom is -0.363 e. The van der Waals surface area contributed by atoms with Gasteiger partial charge in [0.15, 0.2) is 0 Å². The van der Waals surface area contributed by atoms with Gasteiger partial charge in [0.1, 0.15) is 0 Å². The number of nitrogens with two attached hydrogens (primary N) is 1. The van der Waals surface area contributed by atoms with Crippen LogP contribution in [0.2, 0.25) is 0 Å². The second-order valence-electron chi connectivity index (χ2n) is 5.38. The van der Waals surface area contributed by atoms with Crippen LogP contribution in [0.4, 0.5) is 0 Å². The van der Waals surface area contributed by atoms with E-state index in [0.717, 1.165) is 11.1 Å². The molecule has 0 aliphatic carbocycles. The van der Waals surface area contributed by atoms with E-state index in [1.165, 1.54) is 0 Å². The summed E-state index contributed by atoms with van der Waals surface area (Å²) in [7, 11) is 0. The third-order valence-electron chi connectivity index (χ3n) is 3.72. The average molecular weight is 296 g/mol. The number of amides is 2. The molecule has 2 heterocycles. The number of hydrogen-bond acceptors (Lipinski definition) is 4. The average Bonchev–Trinajstić information content (AvgIpc) is 2.53. The number of carbonyl (C=O) groups excluding carboxylic acids is 2. The van der Waals surface area contributed by atoms with Crippen molar-refractivity contribution in [2.45, 2.75) is 19.9 Å². The molecule has 0 spiro atoms. The second-order valence-corrected chi connectivity index (χ2v) is 5.38. The zero-order valence-electron chi connectivity index (χ0n) is 12.2. The van der Waals surface area contributed by atoms with E-state index in [1.807, 2.05) is 25.1 Å². The van der Waals surface area contributed by atoms with Crippen LogP contribution < -0.4 is 5.73 Å². The predicted octanol–water partition coefficient (Wildman–Crippen LogP) is 1.08. The van der Waals surface area contributed by atoms with Crippen LogP contribution in [0.1, 0.15) is 37.8 Å². The van der Waals surface area contributed by atoms with E-state index in [9.17, 15) is 9.59 Å². The molecule has 2 N–H and O–H groups in total. The van der Waals surface area contributed by atoms with Crippen molar-refractivity contribution in [2.75, 3.05) is 6.54 Å². The van der Waals surface area contributed by atoms with Crippen molar-refractivity contribution in [1.82, 2.24) is 14.9 Å². The van der Waals surface area contributed by atoms with Crippen molar-refractivity contribution < 1.29 is 9.59 Å². The molecular formula is C16H16N4O2. The minimum atomic E-state index is -0.662. The van der Waals surface area contributed by atoms with Crippen LogP contribution in [0.3, 0.4) is 0 Å². The molecule has 2 aromatic rings. The Hall–Kier alpha value is -2.76. The van der Waals surface area contributed by atoms with Gasteiger partial charge in [-0.25, -0.2) is 9.97 Å². The molecule has 1 aliphatic rings. The molecule has 0 bridgehead atoms. The van der Waals surface area contributed by atoms with E-state index >= 15 is 0 Å². The van der Waals surface area contributed by atoms with Crippen LogP contribution in [0, 0.1) is 6.92 Å². The number of benzene rings is 1. The number of rotatable bonds is 2. The Bertz CT molecular complexity index is 758. The standard InChI is InChI=1S/C16H16N4O2/c1-10-3-2-4-11(7-10)16(22)20-6-5-12-8-18-15(14(17)21)19-13(12)9-20/h2-4,7-8H,5-6,9H2,1H3,(H2,17,21). The lowest BCUT2D eigenvalue weighted by Gasteiger charge is -2.28. The zero-order chi connectivity index (χ0) is 15.7. The number of carbonyl (C=O) groups is 2. The number of fused-ring (bicyclic) bond motifs is 1. The number of hydrogen-bond donors (Lipinski definition) is 1. The monoisotopic (exact) mass is 296 g/mol. The Morgan fingerprint density at radius 3 is 2.86 bits per heavy atom. The van der Waals surface area contributed by atoms with Crippen molar-refractivity contribution in [3.05, 3.63) is 58.7 Å². The van der Waals surface area contributed by atoms with Gasteiger partial charge in [0.05, 0.1) is 12.2 Å². The molecule has 0 atom stereocenters. The largest absolute Gasteiger partial charge is 0.363 e. The van der Waals surface area contributed by atoms with E-state index in [2.05, 4.69) is 9.97 Å². The molecule has 0 fully saturated rings. The smallest absolute Gasteiger partial charge is 0.286 e. The first-order chi connectivity index (χ1) is 10.5. The Kier molecular flexibility index (Phi) is 3.58. The maximum Gasteiger partial charge on any atom is 0.286 e. The van der Waals surface area contributed by atoms with Crippen LogP contribution in [0.15, 0.2) is 30.5 Å². The van der Waals surface area contributed by atoms with Gasteiger partial charge >= 0.3 is 0 Å². The second kappa shape index (κ2) is 5.55. The van der Waals surface area contributed by atoms with Gasteiger partial charge in [-0.15, -0.1) is 0 Å². The molecule has 0 saturated heterocycles. The molecule has 0 saturated carbocycles. The maximum atomic E-state index is 12.6. The Labute approximate surface area is 128 Å². The molecule has 1 aromatic carbocycles. The van der Waals surface area contributed by atoms with Gasteiger partial charge in [0, 0.05) is 18.3 Å². The minimum absolute atomic E-state index is 0.0106. The van der Waals surface area contributed by atoms with E-state index in [0.29, 0.717) is 30.8 Å². The highest BCUT2D eigenvalue weighted by Crippen LogP contribution is 2.19. The third-order valence-corrected chi connectivity index (χ3v) is 3.72. The first-order valence-corrected chi connectivity index (χ1v) is 7.05. The van der Waals surface area contributed by atoms with E-state index in [4.69, 9.17) is 5.73 Å². The highest BCUT2D eigenvalue weighted by Gasteiger charge is 2.24. The fourth-order valence-corrected chi connectivity index (χ4v) is 2.56. The fourth-order valence-electron chi connectivity index (χ4n) is 2.56. The van der Waals surface area contributed by atoms with Crippen molar-refractivity contribution in [3.63, 3.8) is 0 Å². The predicted molar refractivity (Wildman–Crippen MR) is 80.2 cm³/mol. The molecule has 0 radical (unpaired) electrons. The van der Waals surface area contributed by atoms with E-state index in [-0.39, 0.29) is 11.7 Å². The molecule has 1 aliphatic heterocycles. The normalized spacial score (nSPS) is 13.6. The molecule has 1 aromatic heterocycles. The van der Waals surface area contributed by atoms with Gasteiger partial charge in [0.25, 0.3) is 11.8 Å². The van der Waals surface area contributed by atoms with Gasteiger partial charge in [0.2, 0.25) is 5.82 Å². The highest BCUT2D eigenvalue weighted by atomic mass is 16.2. The lowest BCUT2D eigenvalue weighted by atomic mass is 10.0. The summed E-state index contributed by atoms with van der Waals surface area (Å²) in [6.07, 6.45) is 2.29. The number of nitrogens with zero attached hydrogens (tertiary/aromatic N) is 3. The molecule has 6 nitrogen and oxygen atoms in total. The van der Waals surface area contributed by atoms with Crippen LogP contribution in [0.25, 0.3) is 0 Å². The zero-order valence-corrected chi connectivity index (χ0v) is 12.2. The molecule has 3 rings (SSSR count). The number of primary amides is 1. The van der Waals surface area contributed by atoms with E-state index < -0.39 is 5.91 Å². The van der Waals surface area contributed by atoms with Crippen molar-refractivity contribution in [1.29, 1.82) is 0 Å². The lowest BCUT2D eigenvalue weighted by Crippen LogP contribution is -2.37. The van der Waals surface area contributed by atoms with Crippen LogP contribution in [0.5, 0.6) is 0 Å². The molecule has 0 unspecified atom stereocenters. The van der Waals surface area contributed by atoms with Gasteiger partial charge < -0.3 is 10.6 Å². The summed E-state index contributed by atoms with van der Waals surface area (Å²) >= 11 is 0. The highest BCUT2D eigenvalue weighted by molar-refractivity contribution is 5.94. The molecule has 6 heteroatoms. The van der Waals surface area contributed by atoms with Crippen molar-refractivity contribution in [2.24, 2.45) is 5.73 Å². The molecule has 112 valence electrons.